The first-order valence-corrected chi connectivity index (χ1v) is 8.38. The minimum absolute atomic E-state index is 0.405. The van der Waals surface area contributed by atoms with Gasteiger partial charge in [-0.05, 0) is 35.1 Å². The van der Waals surface area contributed by atoms with E-state index in [0.717, 1.165) is 22.3 Å². The van der Waals surface area contributed by atoms with Gasteiger partial charge in [0.05, 0.1) is 6.21 Å². The lowest BCUT2D eigenvalue weighted by Gasteiger charge is -2.13. The predicted octanol–water partition coefficient (Wildman–Crippen LogP) is 2.60. The fraction of sp³-hybridized carbons (Fsp3) is 0.250. The molecule has 0 atom stereocenters. The molecule has 0 aliphatic heterocycles. The first kappa shape index (κ1) is 18.5. The molecule has 130 valence electrons. The Balaban J connectivity index is 2.21. The van der Waals surface area contributed by atoms with E-state index >= 15 is 0 Å². The molecule has 0 radical (unpaired) electrons. The van der Waals surface area contributed by atoms with E-state index in [9.17, 15) is 9.59 Å². The zero-order valence-electron chi connectivity index (χ0n) is 14.6. The van der Waals surface area contributed by atoms with Gasteiger partial charge in [0.15, 0.2) is 0 Å². The molecule has 1 amide bonds. The van der Waals surface area contributed by atoms with Crippen LogP contribution >= 0.6 is 0 Å². The molecule has 3 N–H and O–H groups in total. The van der Waals surface area contributed by atoms with Crippen LogP contribution in [0.4, 0.5) is 0 Å². The Morgan fingerprint density at radius 2 is 1.68 bits per heavy atom. The Kier molecular flexibility index (Phi) is 6.60. The fourth-order valence-corrected chi connectivity index (χ4v) is 2.68. The van der Waals surface area contributed by atoms with Crippen LogP contribution in [0.1, 0.15) is 46.5 Å². The van der Waals surface area contributed by atoms with Gasteiger partial charge < -0.3 is 5.73 Å². The minimum Gasteiger partial charge on any atom is -0.326 e. The molecule has 0 unspecified atom stereocenters. The molecular formula is C20H23N3O2. The number of Topliss-reactive ketones (excluding diaryl/α,β-unsaturated/α-hetero) is 1. The molecule has 5 nitrogen and oxygen atoms in total. The monoisotopic (exact) mass is 337 g/mol. The van der Waals surface area contributed by atoms with Gasteiger partial charge in [-0.3, -0.25) is 9.59 Å². The van der Waals surface area contributed by atoms with Crippen LogP contribution in [-0.4, -0.2) is 17.9 Å². The summed E-state index contributed by atoms with van der Waals surface area (Å²) in [5.74, 6) is -1.31. The molecule has 2 aromatic carbocycles. The number of nitrogens with two attached hydrogens (primary N) is 1. The third-order valence-electron chi connectivity index (χ3n) is 3.97. The lowest BCUT2D eigenvalue weighted by molar-refractivity contribution is -0.116. The quantitative estimate of drug-likeness (QED) is 0.352. The Morgan fingerprint density at radius 3 is 2.20 bits per heavy atom. The number of hydrogen-bond donors (Lipinski definition) is 2. The van der Waals surface area contributed by atoms with E-state index in [4.69, 9.17) is 5.73 Å². The van der Waals surface area contributed by atoms with E-state index in [1.807, 2.05) is 56.3 Å². The number of benzene rings is 2. The molecule has 0 saturated heterocycles. The van der Waals surface area contributed by atoms with E-state index < -0.39 is 11.7 Å². The second-order valence-electron chi connectivity index (χ2n) is 5.64. The van der Waals surface area contributed by atoms with E-state index in [1.165, 1.54) is 6.21 Å². The highest BCUT2D eigenvalue weighted by molar-refractivity contribution is 6.43. The average Bonchev–Trinajstić information content (AvgIpc) is 2.66. The van der Waals surface area contributed by atoms with Crippen LogP contribution in [0.2, 0.25) is 0 Å². The molecule has 0 bridgehead atoms. The van der Waals surface area contributed by atoms with Crippen molar-refractivity contribution in [3.05, 3.63) is 70.3 Å². The SMILES string of the molecule is CCc1cc(CN)cc(CC)c1C(=O)C(=O)NN=Cc1ccccc1. The predicted molar refractivity (Wildman–Crippen MR) is 99.6 cm³/mol. The highest BCUT2D eigenvalue weighted by atomic mass is 16.2. The Labute approximate surface area is 147 Å². The van der Waals surface area contributed by atoms with Gasteiger partial charge in [-0.2, -0.15) is 5.10 Å². The summed E-state index contributed by atoms with van der Waals surface area (Å²) in [6.07, 6.45) is 2.81. The summed E-state index contributed by atoms with van der Waals surface area (Å²) in [7, 11) is 0. The maximum Gasteiger partial charge on any atom is 0.312 e. The van der Waals surface area contributed by atoms with E-state index in [1.54, 1.807) is 0 Å². The molecule has 0 aromatic heterocycles. The summed E-state index contributed by atoms with van der Waals surface area (Å²) in [5, 5.41) is 3.87. The molecule has 0 saturated carbocycles. The van der Waals surface area contributed by atoms with Crippen LogP contribution in [0.25, 0.3) is 0 Å². The number of amides is 1. The van der Waals surface area contributed by atoms with Crippen molar-refractivity contribution >= 4 is 17.9 Å². The van der Waals surface area contributed by atoms with E-state index in [0.29, 0.717) is 24.9 Å². The third-order valence-corrected chi connectivity index (χ3v) is 3.97. The van der Waals surface area contributed by atoms with Crippen molar-refractivity contribution in [2.45, 2.75) is 33.2 Å². The highest BCUT2D eigenvalue weighted by Gasteiger charge is 2.22. The van der Waals surface area contributed by atoms with Gasteiger partial charge in [-0.1, -0.05) is 56.3 Å². The van der Waals surface area contributed by atoms with Gasteiger partial charge >= 0.3 is 5.91 Å². The summed E-state index contributed by atoms with van der Waals surface area (Å²) in [6, 6.07) is 13.1. The standard InChI is InChI=1S/C20H23N3O2/c1-3-16-10-15(12-21)11-17(4-2)18(16)19(24)20(25)23-22-13-14-8-6-5-7-9-14/h5-11,13H,3-4,12,21H2,1-2H3,(H,23,25). The molecular weight excluding hydrogens is 314 g/mol. The van der Waals surface area contributed by atoms with Crippen molar-refractivity contribution in [3.63, 3.8) is 0 Å². The minimum atomic E-state index is -0.739. The topological polar surface area (TPSA) is 84.5 Å². The van der Waals surface area contributed by atoms with Crippen molar-refractivity contribution in [1.82, 2.24) is 5.43 Å². The zero-order valence-corrected chi connectivity index (χ0v) is 14.6. The van der Waals surface area contributed by atoms with Crippen LogP contribution in [0, 0.1) is 0 Å². The summed E-state index contributed by atoms with van der Waals surface area (Å²) in [4.78, 5) is 24.9. The third kappa shape index (κ3) is 4.61. The molecule has 25 heavy (non-hydrogen) atoms. The number of carbonyl (C=O) groups excluding carboxylic acids is 2. The van der Waals surface area contributed by atoms with Crippen LogP contribution in [0.5, 0.6) is 0 Å². The maximum absolute atomic E-state index is 12.6. The maximum atomic E-state index is 12.6. The number of nitrogens with one attached hydrogen (secondary N) is 1. The molecule has 2 aromatic rings. The number of aryl methyl sites for hydroxylation is 2. The lowest BCUT2D eigenvalue weighted by Crippen LogP contribution is -2.29. The van der Waals surface area contributed by atoms with Gasteiger partial charge in [0.25, 0.3) is 5.78 Å². The molecule has 5 heteroatoms. The van der Waals surface area contributed by atoms with Crippen molar-refractivity contribution in [3.8, 4) is 0 Å². The average molecular weight is 337 g/mol. The van der Waals surface area contributed by atoms with Crippen LogP contribution in [0.15, 0.2) is 47.6 Å². The second-order valence-corrected chi connectivity index (χ2v) is 5.64. The summed E-state index contributed by atoms with van der Waals surface area (Å²) in [5.41, 5.74) is 12.0. The lowest BCUT2D eigenvalue weighted by atomic mass is 9.91. The Morgan fingerprint density at radius 1 is 1.08 bits per heavy atom. The van der Waals surface area contributed by atoms with Crippen molar-refractivity contribution in [1.29, 1.82) is 0 Å². The van der Waals surface area contributed by atoms with Crippen molar-refractivity contribution < 1.29 is 9.59 Å². The largest absolute Gasteiger partial charge is 0.326 e. The number of ketones is 1. The molecule has 0 aliphatic rings. The highest BCUT2D eigenvalue weighted by Crippen LogP contribution is 2.20. The van der Waals surface area contributed by atoms with Gasteiger partial charge in [-0.15, -0.1) is 0 Å². The van der Waals surface area contributed by atoms with Crippen LogP contribution in [0.3, 0.4) is 0 Å². The molecule has 2 rings (SSSR count). The van der Waals surface area contributed by atoms with Gasteiger partial charge in [0, 0.05) is 12.1 Å². The number of rotatable bonds is 7. The smallest absolute Gasteiger partial charge is 0.312 e. The summed E-state index contributed by atoms with van der Waals surface area (Å²) >= 11 is 0. The number of nitrogens with zero attached hydrogens (tertiary/aromatic N) is 1. The number of carbonyl (C=O) groups is 2. The van der Waals surface area contributed by atoms with Gasteiger partial charge in [0.1, 0.15) is 0 Å². The molecule has 0 heterocycles. The number of hydrogen-bond acceptors (Lipinski definition) is 4. The second kappa shape index (κ2) is 8.89. The number of hydrazone groups is 1. The van der Waals surface area contributed by atoms with Gasteiger partial charge in [-0.25, -0.2) is 5.43 Å². The van der Waals surface area contributed by atoms with Crippen molar-refractivity contribution in [2.24, 2.45) is 10.8 Å². The summed E-state index contributed by atoms with van der Waals surface area (Å²) in [6.45, 7) is 4.32. The normalized spacial score (nSPS) is 10.8. The van der Waals surface area contributed by atoms with E-state index in [2.05, 4.69) is 10.5 Å². The van der Waals surface area contributed by atoms with Gasteiger partial charge in [0.2, 0.25) is 0 Å². The Bertz CT molecular complexity index is 758. The Hall–Kier alpha value is -2.79. The van der Waals surface area contributed by atoms with Crippen molar-refractivity contribution in [2.75, 3.05) is 0 Å². The fourth-order valence-electron chi connectivity index (χ4n) is 2.68. The summed E-state index contributed by atoms with van der Waals surface area (Å²) < 4.78 is 0. The van der Waals surface area contributed by atoms with E-state index in [-0.39, 0.29) is 0 Å². The molecule has 0 spiro atoms. The molecule has 0 fully saturated rings. The van der Waals surface area contributed by atoms with Crippen LogP contribution in [-0.2, 0) is 24.2 Å². The first-order chi connectivity index (χ1) is 12.1. The van der Waals surface area contributed by atoms with Crippen LogP contribution < -0.4 is 11.2 Å². The molecule has 0 aliphatic carbocycles. The zero-order chi connectivity index (χ0) is 18.2. The first-order valence-electron chi connectivity index (χ1n) is 8.38.